The summed E-state index contributed by atoms with van der Waals surface area (Å²) in [6.45, 7) is 0. The third-order valence-corrected chi connectivity index (χ3v) is 2.58. The summed E-state index contributed by atoms with van der Waals surface area (Å²) in [5, 5.41) is 0. The van der Waals surface area contributed by atoms with E-state index in [0.29, 0.717) is 18.4 Å². The fourth-order valence-corrected chi connectivity index (χ4v) is 1.83. The minimum atomic E-state index is -1.29. The van der Waals surface area contributed by atoms with E-state index in [1.807, 2.05) is 0 Å². The molecule has 1 aromatic rings. The highest BCUT2D eigenvalue weighted by atomic mass is 19.1. The topological polar surface area (TPSA) is 51.8 Å². The first-order valence-corrected chi connectivity index (χ1v) is 4.41. The molecular formula is C9H12FN3. The van der Waals surface area contributed by atoms with Gasteiger partial charge in [-0.15, -0.1) is 0 Å². The van der Waals surface area contributed by atoms with Gasteiger partial charge in [-0.1, -0.05) is 0 Å². The quantitative estimate of drug-likeness (QED) is 0.707. The summed E-state index contributed by atoms with van der Waals surface area (Å²) in [6, 6.07) is -0.0230. The van der Waals surface area contributed by atoms with E-state index >= 15 is 0 Å². The van der Waals surface area contributed by atoms with Crippen LogP contribution in [-0.2, 0) is 5.67 Å². The Bertz CT molecular complexity index is 290. The predicted octanol–water partition coefficient (Wildman–Crippen LogP) is 1.15. The second-order valence-electron chi connectivity index (χ2n) is 3.60. The maximum Gasteiger partial charge on any atom is 0.140 e. The molecule has 0 aliphatic heterocycles. The molecule has 1 saturated carbocycles. The van der Waals surface area contributed by atoms with Crippen LogP contribution < -0.4 is 5.73 Å². The van der Waals surface area contributed by atoms with Crippen molar-refractivity contribution in [3.63, 3.8) is 0 Å². The Kier molecular flexibility index (Phi) is 2.00. The van der Waals surface area contributed by atoms with Crippen molar-refractivity contribution in [1.29, 1.82) is 0 Å². The zero-order valence-corrected chi connectivity index (χ0v) is 7.28. The average molecular weight is 181 g/mol. The summed E-state index contributed by atoms with van der Waals surface area (Å²) in [5.41, 5.74) is 4.93. The number of nitrogens with zero attached hydrogens (tertiary/aromatic N) is 2. The Morgan fingerprint density at radius 1 is 1.46 bits per heavy atom. The van der Waals surface area contributed by atoms with E-state index in [-0.39, 0.29) is 6.04 Å². The maximum atomic E-state index is 14.1. The Morgan fingerprint density at radius 2 is 2.15 bits per heavy atom. The number of halogens is 1. The van der Waals surface area contributed by atoms with Gasteiger partial charge in [-0.3, -0.25) is 0 Å². The zero-order chi connectivity index (χ0) is 9.31. The van der Waals surface area contributed by atoms with E-state index in [1.165, 1.54) is 18.7 Å². The summed E-state index contributed by atoms with van der Waals surface area (Å²) in [5.74, 6) is 0. The third-order valence-electron chi connectivity index (χ3n) is 2.58. The van der Waals surface area contributed by atoms with Gasteiger partial charge < -0.3 is 5.73 Å². The van der Waals surface area contributed by atoms with Crippen molar-refractivity contribution >= 4 is 0 Å². The van der Waals surface area contributed by atoms with E-state index in [9.17, 15) is 4.39 Å². The molecule has 3 nitrogen and oxygen atoms in total. The second kappa shape index (κ2) is 3.03. The number of hydrogen-bond donors (Lipinski definition) is 1. The van der Waals surface area contributed by atoms with Gasteiger partial charge in [0, 0.05) is 30.4 Å². The molecule has 0 aromatic carbocycles. The van der Waals surface area contributed by atoms with Crippen LogP contribution in [0.1, 0.15) is 24.8 Å². The first-order chi connectivity index (χ1) is 6.21. The van der Waals surface area contributed by atoms with E-state index in [0.717, 1.165) is 6.42 Å². The minimum absolute atomic E-state index is 0.0230. The molecule has 4 heteroatoms. The van der Waals surface area contributed by atoms with Crippen molar-refractivity contribution in [2.24, 2.45) is 5.73 Å². The lowest BCUT2D eigenvalue weighted by molar-refractivity contribution is 0.171. The van der Waals surface area contributed by atoms with Crippen molar-refractivity contribution in [2.75, 3.05) is 0 Å². The standard InChI is InChI=1S/C9H12FN3/c10-9(2-1-8(11)3-9)7-4-12-6-13-5-7/h4-6,8H,1-3,11H2. The molecule has 1 heterocycles. The second-order valence-corrected chi connectivity index (χ2v) is 3.60. The molecule has 0 saturated heterocycles. The Balaban J connectivity index is 2.26. The number of nitrogens with two attached hydrogens (primary N) is 1. The van der Waals surface area contributed by atoms with Gasteiger partial charge in [-0.2, -0.15) is 0 Å². The number of alkyl halides is 1. The van der Waals surface area contributed by atoms with Gasteiger partial charge in [0.05, 0.1) is 0 Å². The van der Waals surface area contributed by atoms with Crippen LogP contribution in [0.4, 0.5) is 4.39 Å². The molecule has 0 bridgehead atoms. The first-order valence-electron chi connectivity index (χ1n) is 4.41. The van der Waals surface area contributed by atoms with Gasteiger partial charge >= 0.3 is 0 Å². The summed E-state index contributed by atoms with van der Waals surface area (Å²) in [6.07, 6.45) is 6.09. The van der Waals surface area contributed by atoms with Crippen LogP contribution in [-0.4, -0.2) is 16.0 Å². The van der Waals surface area contributed by atoms with E-state index in [2.05, 4.69) is 9.97 Å². The molecule has 2 unspecified atom stereocenters. The molecule has 13 heavy (non-hydrogen) atoms. The highest BCUT2D eigenvalue weighted by Gasteiger charge is 2.39. The monoisotopic (exact) mass is 181 g/mol. The summed E-state index contributed by atoms with van der Waals surface area (Å²) >= 11 is 0. The average Bonchev–Trinajstić information content (AvgIpc) is 2.49. The molecular weight excluding hydrogens is 169 g/mol. The third kappa shape index (κ3) is 1.54. The Hall–Kier alpha value is -1.03. The SMILES string of the molecule is NC1CCC(F)(c2cncnc2)C1. The van der Waals surface area contributed by atoms with Crippen molar-refractivity contribution in [3.05, 3.63) is 24.3 Å². The Labute approximate surface area is 76.2 Å². The van der Waals surface area contributed by atoms with Crippen molar-refractivity contribution < 1.29 is 4.39 Å². The normalized spacial score (nSPS) is 33.5. The molecule has 2 N–H and O–H groups in total. The highest BCUT2D eigenvalue weighted by molar-refractivity contribution is 5.17. The molecule has 2 rings (SSSR count). The van der Waals surface area contributed by atoms with Crippen LogP contribution >= 0.6 is 0 Å². The molecule has 70 valence electrons. The Morgan fingerprint density at radius 3 is 2.69 bits per heavy atom. The molecule has 1 aromatic heterocycles. The smallest absolute Gasteiger partial charge is 0.140 e. The van der Waals surface area contributed by atoms with Gasteiger partial charge in [0.15, 0.2) is 0 Å². The molecule has 0 amide bonds. The molecule has 1 aliphatic carbocycles. The van der Waals surface area contributed by atoms with Gasteiger partial charge in [0.2, 0.25) is 0 Å². The zero-order valence-electron chi connectivity index (χ0n) is 7.28. The minimum Gasteiger partial charge on any atom is -0.328 e. The lowest BCUT2D eigenvalue weighted by Gasteiger charge is -2.18. The van der Waals surface area contributed by atoms with Gasteiger partial charge in [0.25, 0.3) is 0 Å². The maximum absolute atomic E-state index is 14.1. The van der Waals surface area contributed by atoms with Crippen LogP contribution in [0.15, 0.2) is 18.7 Å². The highest BCUT2D eigenvalue weighted by Crippen LogP contribution is 2.41. The molecule has 2 atom stereocenters. The van der Waals surface area contributed by atoms with Crippen LogP contribution in [0.25, 0.3) is 0 Å². The van der Waals surface area contributed by atoms with E-state index in [4.69, 9.17) is 5.73 Å². The van der Waals surface area contributed by atoms with E-state index < -0.39 is 5.67 Å². The van der Waals surface area contributed by atoms with Gasteiger partial charge in [-0.25, -0.2) is 14.4 Å². The fraction of sp³-hybridized carbons (Fsp3) is 0.556. The summed E-state index contributed by atoms with van der Waals surface area (Å²) in [4.78, 5) is 7.62. The van der Waals surface area contributed by atoms with Gasteiger partial charge in [-0.05, 0) is 12.8 Å². The van der Waals surface area contributed by atoms with Crippen LogP contribution in [0.3, 0.4) is 0 Å². The van der Waals surface area contributed by atoms with Gasteiger partial charge in [0.1, 0.15) is 12.0 Å². The molecule has 0 spiro atoms. The number of hydrogen-bond acceptors (Lipinski definition) is 3. The molecule has 1 aliphatic rings. The fourth-order valence-electron chi connectivity index (χ4n) is 1.83. The summed E-state index contributed by atoms with van der Waals surface area (Å²) in [7, 11) is 0. The largest absolute Gasteiger partial charge is 0.328 e. The molecule has 0 radical (unpaired) electrons. The van der Waals surface area contributed by atoms with Crippen molar-refractivity contribution in [1.82, 2.24) is 9.97 Å². The van der Waals surface area contributed by atoms with E-state index in [1.54, 1.807) is 0 Å². The van der Waals surface area contributed by atoms with Crippen LogP contribution in [0.2, 0.25) is 0 Å². The summed E-state index contributed by atoms with van der Waals surface area (Å²) < 4.78 is 14.1. The lowest BCUT2D eigenvalue weighted by atomic mass is 9.97. The lowest BCUT2D eigenvalue weighted by Crippen LogP contribution is -2.21. The number of aromatic nitrogens is 2. The van der Waals surface area contributed by atoms with Crippen molar-refractivity contribution in [3.8, 4) is 0 Å². The molecule has 1 fully saturated rings. The van der Waals surface area contributed by atoms with Crippen LogP contribution in [0.5, 0.6) is 0 Å². The number of rotatable bonds is 1. The first kappa shape index (κ1) is 8.56. The van der Waals surface area contributed by atoms with Crippen LogP contribution in [0, 0.1) is 0 Å². The van der Waals surface area contributed by atoms with Crippen molar-refractivity contribution in [2.45, 2.75) is 31.0 Å². The predicted molar refractivity (Wildman–Crippen MR) is 46.6 cm³/mol.